The number of aromatic nitrogens is 2. The van der Waals surface area contributed by atoms with E-state index in [1.165, 1.54) is 18.3 Å². The highest BCUT2D eigenvalue weighted by Crippen LogP contribution is 2.45. The molecule has 0 bridgehead atoms. The van der Waals surface area contributed by atoms with Crippen molar-refractivity contribution in [2.45, 2.75) is 17.9 Å². The van der Waals surface area contributed by atoms with Gasteiger partial charge in [-0.1, -0.05) is 0 Å². The van der Waals surface area contributed by atoms with Crippen LogP contribution in [-0.4, -0.2) is 26.6 Å². The maximum atomic E-state index is 13.8. The fraction of sp³-hybridized carbons (Fsp3) is 0.286. The molecule has 2 rings (SSSR count). The number of rotatable bonds is 4. The van der Waals surface area contributed by atoms with Crippen molar-refractivity contribution in [2.75, 3.05) is 12.0 Å². The van der Waals surface area contributed by atoms with Crippen LogP contribution in [0.3, 0.4) is 0 Å². The van der Waals surface area contributed by atoms with Crippen molar-refractivity contribution in [3.8, 4) is 11.3 Å². The lowest BCUT2D eigenvalue weighted by atomic mass is 9.99. The molecule has 0 amide bonds. The summed E-state index contributed by atoms with van der Waals surface area (Å²) in [5.41, 5.74) is 3.93. The Bertz CT molecular complexity index is 896. The van der Waals surface area contributed by atoms with Gasteiger partial charge >= 0.3 is 12.1 Å². The van der Waals surface area contributed by atoms with Crippen LogP contribution in [0, 0.1) is 4.78 Å². The second kappa shape index (κ2) is 6.21. The van der Waals surface area contributed by atoms with Gasteiger partial charge in [-0.3, -0.25) is 4.78 Å². The van der Waals surface area contributed by atoms with Crippen LogP contribution in [-0.2, 0) is 21.4 Å². The highest BCUT2D eigenvalue weighted by atomic mass is 32.2. The lowest BCUT2D eigenvalue weighted by molar-refractivity contribution is -0.289. The van der Waals surface area contributed by atoms with Gasteiger partial charge in [-0.05, 0) is 29.8 Å². The quantitative estimate of drug-likeness (QED) is 0.794. The summed E-state index contributed by atoms with van der Waals surface area (Å²) in [6.07, 6.45) is -3.52. The third kappa shape index (κ3) is 4.41. The second-order valence-corrected chi connectivity index (χ2v) is 7.74. The number of benzene rings is 1. The van der Waals surface area contributed by atoms with Crippen molar-refractivity contribution < 1.29 is 26.2 Å². The van der Waals surface area contributed by atoms with Crippen LogP contribution in [0.5, 0.6) is 0 Å². The second-order valence-electron chi connectivity index (χ2n) is 5.44. The Hall–Kier alpha value is -2.30. The fourth-order valence-corrected chi connectivity index (χ4v) is 2.92. The van der Waals surface area contributed by atoms with Crippen molar-refractivity contribution >= 4 is 15.7 Å². The lowest BCUT2D eigenvalue weighted by Crippen LogP contribution is -2.33. The lowest BCUT2D eigenvalue weighted by Gasteiger charge is -2.21. The normalized spacial score (nSPS) is 15.0. The monoisotopic (exact) mass is 380 g/mol. The van der Waals surface area contributed by atoms with Gasteiger partial charge < -0.3 is 5.73 Å². The number of nitrogens with two attached hydrogens (primary N) is 1. The smallest absolute Gasteiger partial charge is 0.368 e. The SMILES string of the molecule is CS(=N)(=O)Cc1cc(-c2ccnc(N)n2)cc(C(F)(F)C(F)(F)F)c1. The van der Waals surface area contributed by atoms with Crippen LogP contribution < -0.4 is 5.73 Å². The number of anilines is 1. The van der Waals surface area contributed by atoms with E-state index in [2.05, 4.69) is 9.97 Å². The predicted molar refractivity (Wildman–Crippen MR) is 82.3 cm³/mol. The molecule has 11 heteroatoms. The van der Waals surface area contributed by atoms with E-state index in [9.17, 15) is 26.2 Å². The van der Waals surface area contributed by atoms with E-state index in [1.54, 1.807) is 0 Å². The van der Waals surface area contributed by atoms with Gasteiger partial charge in [0.1, 0.15) is 0 Å². The van der Waals surface area contributed by atoms with Gasteiger partial charge in [0.15, 0.2) is 0 Å². The third-order valence-corrected chi connectivity index (χ3v) is 4.01. The molecule has 5 nitrogen and oxygen atoms in total. The molecular formula is C14H13F5N4OS. The van der Waals surface area contributed by atoms with E-state index in [1.807, 2.05) is 0 Å². The first-order valence-corrected chi connectivity index (χ1v) is 8.82. The van der Waals surface area contributed by atoms with E-state index in [-0.39, 0.29) is 22.8 Å². The number of alkyl halides is 5. The van der Waals surface area contributed by atoms with E-state index in [4.69, 9.17) is 10.5 Å². The maximum absolute atomic E-state index is 13.8. The van der Waals surface area contributed by atoms with Crippen LogP contribution in [0.15, 0.2) is 30.5 Å². The van der Waals surface area contributed by atoms with Crippen molar-refractivity contribution in [1.29, 1.82) is 4.78 Å². The average molecular weight is 380 g/mol. The maximum Gasteiger partial charge on any atom is 0.458 e. The number of hydrogen-bond donors (Lipinski definition) is 2. The third-order valence-electron chi connectivity index (χ3n) is 3.12. The highest BCUT2D eigenvalue weighted by molar-refractivity contribution is 7.90. The molecule has 0 saturated carbocycles. The number of nitrogens with zero attached hydrogens (tertiary/aromatic N) is 2. The Labute approximate surface area is 140 Å². The molecule has 0 fully saturated rings. The molecule has 1 heterocycles. The molecule has 25 heavy (non-hydrogen) atoms. The van der Waals surface area contributed by atoms with E-state index >= 15 is 0 Å². The number of nitrogens with one attached hydrogen (secondary N) is 1. The minimum Gasteiger partial charge on any atom is -0.368 e. The van der Waals surface area contributed by atoms with Gasteiger partial charge in [0, 0.05) is 33.3 Å². The summed E-state index contributed by atoms with van der Waals surface area (Å²) in [6.45, 7) is 0. The molecule has 2 aromatic rings. The van der Waals surface area contributed by atoms with Crippen molar-refractivity contribution in [3.05, 3.63) is 41.6 Å². The Balaban J connectivity index is 2.68. The zero-order valence-corrected chi connectivity index (χ0v) is 13.6. The number of halogens is 5. The molecule has 136 valence electrons. The van der Waals surface area contributed by atoms with Crippen LogP contribution in [0.2, 0.25) is 0 Å². The molecule has 0 radical (unpaired) electrons. The van der Waals surface area contributed by atoms with Gasteiger partial charge in [0.2, 0.25) is 5.95 Å². The topological polar surface area (TPSA) is 92.7 Å². The standard InChI is InChI=1S/C14H13F5N4OS/c1-25(21,24)7-8-4-9(11-2-3-22-12(20)23-11)6-10(5-8)13(15,16)14(17,18)19/h2-6,21H,7H2,1H3,(H2,20,22,23). The minimum atomic E-state index is -5.80. The molecule has 1 atom stereocenters. The highest BCUT2D eigenvalue weighted by Gasteiger charge is 2.58. The van der Waals surface area contributed by atoms with Crippen LogP contribution in [0.4, 0.5) is 27.9 Å². The summed E-state index contributed by atoms with van der Waals surface area (Å²) in [5, 5.41) is 0. The van der Waals surface area contributed by atoms with Crippen molar-refractivity contribution in [1.82, 2.24) is 9.97 Å². The van der Waals surface area contributed by atoms with Gasteiger partial charge in [-0.25, -0.2) is 14.2 Å². The van der Waals surface area contributed by atoms with Crippen LogP contribution >= 0.6 is 0 Å². The molecular weight excluding hydrogens is 367 g/mol. The first-order chi connectivity index (χ1) is 11.3. The first kappa shape index (κ1) is 19.0. The zero-order valence-electron chi connectivity index (χ0n) is 12.8. The molecule has 0 aliphatic rings. The van der Waals surface area contributed by atoms with E-state index < -0.39 is 33.1 Å². The summed E-state index contributed by atoms with van der Waals surface area (Å²) in [7, 11) is -3.17. The summed E-state index contributed by atoms with van der Waals surface area (Å²) in [6, 6.07) is 3.77. The predicted octanol–water partition coefficient (Wildman–Crippen LogP) is 3.56. The van der Waals surface area contributed by atoms with Crippen LogP contribution in [0.25, 0.3) is 11.3 Å². The largest absolute Gasteiger partial charge is 0.458 e. The summed E-state index contributed by atoms with van der Waals surface area (Å²) in [5.74, 6) is -5.79. The molecule has 0 aliphatic carbocycles. The summed E-state index contributed by atoms with van der Waals surface area (Å²) in [4.78, 5) is 7.41. The van der Waals surface area contributed by atoms with E-state index in [0.29, 0.717) is 12.1 Å². The average Bonchev–Trinajstić information content (AvgIpc) is 2.44. The van der Waals surface area contributed by atoms with E-state index in [0.717, 1.165) is 6.26 Å². The Morgan fingerprint density at radius 3 is 2.36 bits per heavy atom. The Morgan fingerprint density at radius 1 is 1.20 bits per heavy atom. The summed E-state index contributed by atoms with van der Waals surface area (Å²) >= 11 is 0. The molecule has 0 spiro atoms. The van der Waals surface area contributed by atoms with Gasteiger partial charge in [0.05, 0.1) is 11.4 Å². The first-order valence-electron chi connectivity index (χ1n) is 6.69. The van der Waals surface area contributed by atoms with Gasteiger partial charge in [-0.2, -0.15) is 22.0 Å². The van der Waals surface area contributed by atoms with Crippen molar-refractivity contribution in [2.24, 2.45) is 0 Å². The Morgan fingerprint density at radius 2 is 1.84 bits per heavy atom. The number of nitrogen functional groups attached to an aromatic ring is 1. The molecule has 0 saturated heterocycles. The molecule has 1 aromatic carbocycles. The Kier molecular flexibility index (Phi) is 4.73. The fourth-order valence-electron chi connectivity index (χ4n) is 2.12. The number of hydrogen-bond acceptors (Lipinski definition) is 5. The molecule has 1 unspecified atom stereocenters. The van der Waals surface area contributed by atoms with Gasteiger partial charge in [-0.15, -0.1) is 0 Å². The molecule has 0 aliphatic heterocycles. The summed E-state index contributed by atoms with van der Waals surface area (Å²) < 4.78 is 84.6. The molecule has 3 N–H and O–H groups in total. The van der Waals surface area contributed by atoms with Gasteiger partial charge in [0.25, 0.3) is 0 Å². The van der Waals surface area contributed by atoms with Crippen molar-refractivity contribution in [3.63, 3.8) is 0 Å². The van der Waals surface area contributed by atoms with Crippen LogP contribution in [0.1, 0.15) is 11.1 Å². The molecule has 1 aromatic heterocycles. The zero-order chi connectivity index (χ0) is 19.0. The minimum absolute atomic E-state index is 0.0288.